The predicted octanol–water partition coefficient (Wildman–Crippen LogP) is 2.83. The molecular weight excluding hydrogens is 198 g/mol. The van der Waals surface area contributed by atoms with E-state index in [1.54, 1.807) is 6.20 Å². The first-order valence-electron chi connectivity index (χ1n) is 5.94. The summed E-state index contributed by atoms with van der Waals surface area (Å²) in [5, 5.41) is 6.90. The van der Waals surface area contributed by atoms with Gasteiger partial charge in [0.05, 0.1) is 0 Å². The van der Waals surface area contributed by atoms with Gasteiger partial charge in [0.25, 0.3) is 0 Å². The Morgan fingerprint density at radius 2 is 2.12 bits per heavy atom. The molecule has 1 aliphatic rings. The molecule has 0 saturated heterocycles. The fourth-order valence-corrected chi connectivity index (χ4v) is 1.72. The molecule has 86 valence electrons. The van der Waals surface area contributed by atoms with Crippen LogP contribution in [0.15, 0.2) is 24.5 Å². The molecule has 1 heterocycles. The molecule has 0 amide bonds. The van der Waals surface area contributed by atoms with E-state index in [1.165, 1.54) is 12.8 Å². The van der Waals surface area contributed by atoms with Crippen molar-refractivity contribution in [3.05, 3.63) is 35.9 Å². The summed E-state index contributed by atoms with van der Waals surface area (Å²) in [5.41, 5.74) is 2.75. The van der Waals surface area contributed by atoms with Crippen molar-refractivity contribution < 1.29 is 0 Å². The highest BCUT2D eigenvalue weighted by Crippen LogP contribution is 2.47. The Labute approximate surface area is 96.6 Å². The summed E-state index contributed by atoms with van der Waals surface area (Å²) in [4.78, 5) is 4.70. The van der Waals surface area contributed by atoms with Gasteiger partial charge in [-0.2, -0.15) is 5.10 Å². The Morgan fingerprint density at radius 3 is 2.81 bits per heavy atom. The molecule has 0 bridgehead atoms. The van der Waals surface area contributed by atoms with Crippen molar-refractivity contribution in [1.29, 1.82) is 0 Å². The summed E-state index contributed by atoms with van der Waals surface area (Å²) >= 11 is 0. The number of rotatable bonds is 3. The highest BCUT2D eigenvalue weighted by atomic mass is 15.1. The van der Waals surface area contributed by atoms with Crippen LogP contribution in [0.4, 0.5) is 0 Å². The van der Waals surface area contributed by atoms with Crippen LogP contribution in [0.25, 0.3) is 0 Å². The quantitative estimate of drug-likeness (QED) is 0.845. The predicted molar refractivity (Wildman–Crippen MR) is 64.4 cm³/mol. The van der Waals surface area contributed by atoms with Crippen molar-refractivity contribution in [3.8, 4) is 0 Å². The molecule has 1 fully saturated rings. The zero-order chi connectivity index (χ0) is 11.4. The molecule has 1 aromatic heterocycles. The van der Waals surface area contributed by atoms with Crippen molar-refractivity contribution in [2.75, 3.05) is 0 Å². The minimum atomic E-state index is 0.497. The molecule has 3 heteroatoms. The van der Waals surface area contributed by atoms with E-state index in [2.05, 4.69) is 24.0 Å². The second-order valence-electron chi connectivity index (χ2n) is 4.84. The molecule has 0 aliphatic heterocycles. The summed E-state index contributed by atoms with van der Waals surface area (Å²) in [6, 6.07) is 4.00. The average Bonchev–Trinajstić information content (AvgIpc) is 2.96. The largest absolute Gasteiger partial charge is 0.286 e. The first kappa shape index (κ1) is 11.1. The maximum atomic E-state index is 4.70. The number of H-pyrrole nitrogens is 1. The zero-order valence-corrected chi connectivity index (χ0v) is 10.0. The van der Waals surface area contributed by atoms with Crippen LogP contribution in [0.1, 0.15) is 38.1 Å². The van der Waals surface area contributed by atoms with Gasteiger partial charge in [-0.3, -0.25) is 10.1 Å². The van der Waals surface area contributed by atoms with Crippen LogP contribution in [0, 0.1) is 5.41 Å². The van der Waals surface area contributed by atoms with Gasteiger partial charge in [-0.25, -0.2) is 0 Å². The first-order valence-corrected chi connectivity index (χ1v) is 5.94. The second kappa shape index (κ2) is 4.64. The highest BCUT2D eigenvalue weighted by molar-refractivity contribution is 5.08. The molecule has 1 aliphatic carbocycles. The number of aromatic amines is 1. The van der Waals surface area contributed by atoms with E-state index in [-0.39, 0.29) is 0 Å². The lowest BCUT2D eigenvalue weighted by Crippen LogP contribution is -2.01. The summed E-state index contributed by atoms with van der Waals surface area (Å²) in [5.74, 6) is 0. The Kier molecular flexibility index (Phi) is 3.22. The number of aromatic nitrogens is 3. The minimum Gasteiger partial charge on any atom is -0.286 e. The maximum absolute atomic E-state index is 4.70. The van der Waals surface area contributed by atoms with Gasteiger partial charge in [0.2, 0.25) is 0 Å². The SMILES string of the molecule is CCc1ccn[nH]ccc(CC2(C)CC2)n1. The van der Waals surface area contributed by atoms with Crippen LogP contribution in [-0.2, 0) is 12.8 Å². The van der Waals surface area contributed by atoms with Gasteiger partial charge in [-0.1, -0.05) is 13.8 Å². The van der Waals surface area contributed by atoms with Crippen molar-refractivity contribution in [2.45, 2.75) is 39.5 Å². The molecule has 0 aromatic carbocycles. The Morgan fingerprint density at radius 1 is 1.31 bits per heavy atom. The lowest BCUT2D eigenvalue weighted by molar-refractivity contribution is 0.560. The van der Waals surface area contributed by atoms with Crippen LogP contribution >= 0.6 is 0 Å². The summed E-state index contributed by atoms with van der Waals surface area (Å²) < 4.78 is 0. The lowest BCUT2D eigenvalue weighted by Gasteiger charge is -2.05. The number of hydrogen-bond donors (Lipinski definition) is 1. The third-order valence-corrected chi connectivity index (χ3v) is 3.13. The number of nitrogens with zero attached hydrogens (tertiary/aromatic N) is 2. The van der Waals surface area contributed by atoms with E-state index in [4.69, 9.17) is 4.98 Å². The average molecular weight is 217 g/mol. The monoisotopic (exact) mass is 217 g/mol. The van der Waals surface area contributed by atoms with Crippen molar-refractivity contribution in [1.82, 2.24) is 15.2 Å². The van der Waals surface area contributed by atoms with Gasteiger partial charge in [0.15, 0.2) is 0 Å². The van der Waals surface area contributed by atoms with E-state index in [0.29, 0.717) is 5.41 Å². The molecule has 16 heavy (non-hydrogen) atoms. The van der Waals surface area contributed by atoms with Crippen LogP contribution in [0.5, 0.6) is 0 Å². The fraction of sp³-hybridized carbons (Fsp3) is 0.538. The number of aryl methyl sites for hydroxylation is 1. The Bertz CT molecular complexity index is 403. The van der Waals surface area contributed by atoms with Crippen LogP contribution in [0.3, 0.4) is 0 Å². The van der Waals surface area contributed by atoms with E-state index in [1.807, 2.05) is 18.3 Å². The molecule has 0 spiro atoms. The van der Waals surface area contributed by atoms with Gasteiger partial charge >= 0.3 is 0 Å². The zero-order valence-electron chi connectivity index (χ0n) is 10.0. The Balaban J connectivity index is 2.32. The molecule has 1 saturated carbocycles. The third-order valence-electron chi connectivity index (χ3n) is 3.13. The topological polar surface area (TPSA) is 41.6 Å². The number of hydrogen-bond acceptors (Lipinski definition) is 2. The van der Waals surface area contributed by atoms with Gasteiger partial charge in [0, 0.05) is 23.8 Å². The van der Waals surface area contributed by atoms with Crippen LogP contribution < -0.4 is 0 Å². The minimum absolute atomic E-state index is 0.497. The summed E-state index contributed by atoms with van der Waals surface area (Å²) in [6.07, 6.45) is 8.29. The molecule has 0 atom stereocenters. The molecule has 0 unspecified atom stereocenters. The van der Waals surface area contributed by atoms with Crippen molar-refractivity contribution in [2.24, 2.45) is 5.41 Å². The summed E-state index contributed by atoms with van der Waals surface area (Å²) in [7, 11) is 0. The molecular formula is C13H19N3. The van der Waals surface area contributed by atoms with Crippen LogP contribution in [-0.4, -0.2) is 15.2 Å². The standard InChI is InChI=1S/C13H19N3/c1-3-11-4-8-14-15-9-5-12(16-11)10-13(2)6-7-13/h4-5,8-9,15H,3,6-7,10H2,1-2H3. The molecule has 2 rings (SSSR count). The fourth-order valence-electron chi connectivity index (χ4n) is 1.72. The third kappa shape index (κ3) is 3.05. The van der Waals surface area contributed by atoms with Gasteiger partial charge in [0.1, 0.15) is 0 Å². The van der Waals surface area contributed by atoms with Crippen molar-refractivity contribution in [3.63, 3.8) is 0 Å². The van der Waals surface area contributed by atoms with Gasteiger partial charge in [-0.05, 0) is 43.2 Å². The van der Waals surface area contributed by atoms with Crippen molar-refractivity contribution >= 4 is 0 Å². The normalized spacial score (nSPS) is 16.6. The molecule has 3 nitrogen and oxygen atoms in total. The summed E-state index contributed by atoms with van der Waals surface area (Å²) in [6.45, 7) is 4.45. The molecule has 1 N–H and O–H groups in total. The van der Waals surface area contributed by atoms with Gasteiger partial charge in [-0.15, -0.1) is 0 Å². The molecule has 0 radical (unpaired) electrons. The smallest absolute Gasteiger partial charge is 0.0490 e. The highest BCUT2D eigenvalue weighted by Gasteiger charge is 2.37. The number of nitrogens with one attached hydrogen (secondary N) is 1. The van der Waals surface area contributed by atoms with Gasteiger partial charge < -0.3 is 0 Å². The van der Waals surface area contributed by atoms with E-state index in [9.17, 15) is 0 Å². The Hall–Kier alpha value is -1.38. The second-order valence-corrected chi connectivity index (χ2v) is 4.84. The first-order chi connectivity index (χ1) is 7.72. The lowest BCUT2D eigenvalue weighted by atomic mass is 10.0. The van der Waals surface area contributed by atoms with E-state index >= 15 is 0 Å². The van der Waals surface area contributed by atoms with E-state index < -0.39 is 0 Å². The van der Waals surface area contributed by atoms with Crippen LogP contribution in [0.2, 0.25) is 0 Å². The maximum Gasteiger partial charge on any atom is 0.0490 e. The van der Waals surface area contributed by atoms with E-state index in [0.717, 1.165) is 24.2 Å². The molecule has 1 aromatic rings.